The van der Waals surface area contributed by atoms with Crippen molar-refractivity contribution >= 4 is 15.4 Å². The van der Waals surface area contributed by atoms with Gasteiger partial charge in [-0.3, -0.25) is 0 Å². The highest BCUT2D eigenvalue weighted by Crippen LogP contribution is 2.28. The highest BCUT2D eigenvalue weighted by molar-refractivity contribution is 7.93. The molecule has 0 saturated carbocycles. The summed E-state index contributed by atoms with van der Waals surface area (Å²) in [6, 6.07) is 12.8. The summed E-state index contributed by atoms with van der Waals surface area (Å²) in [6.07, 6.45) is 3.96. The second kappa shape index (κ2) is 7.67. The number of nitrogens with zero attached hydrogens (tertiary/aromatic N) is 1. The molecule has 0 amide bonds. The molecule has 3 nitrogen and oxygen atoms in total. The maximum atomic E-state index is 14.1. The lowest BCUT2D eigenvalue weighted by Gasteiger charge is -2.23. The Balaban J connectivity index is 1.92. The average Bonchev–Trinajstić information content (AvgIpc) is 2.62. The van der Waals surface area contributed by atoms with E-state index >= 15 is 0 Å². The van der Waals surface area contributed by atoms with Gasteiger partial charge in [-0.25, -0.2) is 8.60 Å². The molecule has 134 valence electrons. The van der Waals surface area contributed by atoms with E-state index in [1.165, 1.54) is 0 Å². The summed E-state index contributed by atoms with van der Waals surface area (Å²) in [5, 5.41) is 0.0613. The van der Waals surface area contributed by atoms with Gasteiger partial charge in [0.1, 0.15) is 5.82 Å². The van der Waals surface area contributed by atoms with Crippen molar-refractivity contribution in [3.8, 4) is 11.1 Å². The first-order valence-electron chi connectivity index (χ1n) is 8.67. The summed E-state index contributed by atoms with van der Waals surface area (Å²) < 4.78 is 37.0. The fourth-order valence-electron chi connectivity index (χ4n) is 3.15. The molecule has 5 heteroatoms. The lowest BCUT2D eigenvalue weighted by molar-refractivity contribution is 0.0990. The Kier molecular flexibility index (Phi) is 5.54. The molecule has 25 heavy (non-hydrogen) atoms. The van der Waals surface area contributed by atoms with Gasteiger partial charge in [-0.2, -0.15) is 4.36 Å². The van der Waals surface area contributed by atoms with Crippen LogP contribution in [0.3, 0.4) is 0 Å². The standard InChI is InChI=1S/C20H24FNO2S/c1-3-15-7-8-17(14-20(15)21)16-5-4-6-18(13-16)22-25(2,23)19-9-11-24-12-10-19/h4-8,13-14,19H,3,9-12H2,1-2H3. The van der Waals surface area contributed by atoms with Gasteiger partial charge in [0.2, 0.25) is 0 Å². The van der Waals surface area contributed by atoms with Crippen molar-refractivity contribution in [3.05, 3.63) is 53.8 Å². The van der Waals surface area contributed by atoms with Gasteiger partial charge < -0.3 is 4.74 Å². The predicted molar refractivity (Wildman–Crippen MR) is 101 cm³/mol. The van der Waals surface area contributed by atoms with Gasteiger partial charge in [-0.1, -0.05) is 31.2 Å². The van der Waals surface area contributed by atoms with Gasteiger partial charge in [-0.15, -0.1) is 0 Å². The first-order chi connectivity index (χ1) is 12.0. The largest absolute Gasteiger partial charge is 0.381 e. The molecular formula is C20H24FNO2S. The summed E-state index contributed by atoms with van der Waals surface area (Å²) in [5.74, 6) is -0.191. The van der Waals surface area contributed by atoms with Crippen LogP contribution < -0.4 is 0 Å². The topological polar surface area (TPSA) is 38.7 Å². The molecule has 0 spiro atoms. The Bertz CT molecular complexity index is 866. The zero-order valence-electron chi connectivity index (χ0n) is 14.7. The predicted octanol–water partition coefficient (Wildman–Crippen LogP) is 4.96. The van der Waals surface area contributed by atoms with E-state index in [2.05, 4.69) is 4.36 Å². The molecule has 0 aromatic heterocycles. The molecule has 0 N–H and O–H groups in total. The number of rotatable bonds is 4. The maximum absolute atomic E-state index is 14.1. The molecule has 1 aliphatic rings. The maximum Gasteiger partial charge on any atom is 0.127 e. The molecule has 2 aromatic carbocycles. The van der Waals surface area contributed by atoms with Gasteiger partial charge in [0.15, 0.2) is 0 Å². The third-order valence-electron chi connectivity index (χ3n) is 4.69. The van der Waals surface area contributed by atoms with Crippen molar-refractivity contribution in [2.45, 2.75) is 31.4 Å². The van der Waals surface area contributed by atoms with E-state index < -0.39 is 9.73 Å². The fraction of sp³-hybridized carbons (Fsp3) is 0.400. The van der Waals surface area contributed by atoms with Crippen LogP contribution in [0.4, 0.5) is 10.1 Å². The minimum absolute atomic E-state index is 0.0613. The molecular weight excluding hydrogens is 337 g/mol. The van der Waals surface area contributed by atoms with Gasteiger partial charge in [0.25, 0.3) is 0 Å². The Labute approximate surface area is 149 Å². The highest BCUT2D eigenvalue weighted by atomic mass is 32.2. The summed E-state index contributed by atoms with van der Waals surface area (Å²) in [4.78, 5) is 0. The second-order valence-electron chi connectivity index (χ2n) is 6.47. The van der Waals surface area contributed by atoms with E-state index in [0.717, 1.165) is 24.0 Å². The first kappa shape index (κ1) is 18.1. The van der Waals surface area contributed by atoms with Gasteiger partial charge >= 0.3 is 0 Å². The van der Waals surface area contributed by atoms with Crippen LogP contribution >= 0.6 is 0 Å². The number of hydrogen-bond donors (Lipinski definition) is 0. The van der Waals surface area contributed by atoms with Crippen LogP contribution in [-0.4, -0.2) is 28.9 Å². The Hall–Kier alpha value is -1.72. The van der Waals surface area contributed by atoms with Gasteiger partial charge in [0, 0.05) is 24.7 Å². The summed E-state index contributed by atoms with van der Waals surface area (Å²) in [7, 11) is -2.33. The molecule has 1 saturated heterocycles. The zero-order valence-corrected chi connectivity index (χ0v) is 15.5. The molecule has 1 atom stereocenters. The Morgan fingerprint density at radius 2 is 1.88 bits per heavy atom. The van der Waals surface area contributed by atoms with E-state index in [9.17, 15) is 8.60 Å². The van der Waals surface area contributed by atoms with Crippen LogP contribution in [-0.2, 0) is 20.9 Å². The lowest BCUT2D eigenvalue weighted by atomic mass is 10.0. The van der Waals surface area contributed by atoms with Crippen molar-refractivity contribution in [1.29, 1.82) is 0 Å². The Morgan fingerprint density at radius 1 is 1.16 bits per heavy atom. The molecule has 0 radical (unpaired) electrons. The van der Waals surface area contributed by atoms with E-state index in [-0.39, 0.29) is 11.1 Å². The molecule has 1 heterocycles. The molecule has 1 aliphatic heterocycles. The average molecular weight is 361 g/mol. The van der Waals surface area contributed by atoms with Gasteiger partial charge in [-0.05, 0) is 54.2 Å². The quantitative estimate of drug-likeness (QED) is 0.772. The molecule has 0 bridgehead atoms. The zero-order chi connectivity index (χ0) is 17.9. The van der Waals surface area contributed by atoms with Crippen molar-refractivity contribution in [2.24, 2.45) is 4.36 Å². The summed E-state index contributed by atoms with van der Waals surface area (Å²) in [5.41, 5.74) is 3.07. The SMILES string of the molecule is CCc1ccc(-c2cccc(N=S(C)(=O)C3CCOCC3)c2)cc1F. The lowest BCUT2D eigenvalue weighted by Crippen LogP contribution is -2.27. The van der Waals surface area contributed by atoms with Crippen LogP contribution in [0, 0.1) is 5.82 Å². The Morgan fingerprint density at radius 3 is 2.56 bits per heavy atom. The molecule has 0 aliphatic carbocycles. The normalized spacial score (nSPS) is 17.9. The van der Waals surface area contributed by atoms with Gasteiger partial charge in [0.05, 0.1) is 15.4 Å². The van der Waals surface area contributed by atoms with Crippen LogP contribution in [0.5, 0.6) is 0 Å². The fourth-order valence-corrected chi connectivity index (χ4v) is 4.90. The number of ether oxygens (including phenoxy) is 1. The highest BCUT2D eigenvalue weighted by Gasteiger charge is 2.22. The van der Waals surface area contributed by atoms with E-state index in [4.69, 9.17) is 4.74 Å². The molecule has 1 unspecified atom stereocenters. The minimum Gasteiger partial charge on any atom is -0.381 e. The third kappa shape index (κ3) is 4.28. The smallest absolute Gasteiger partial charge is 0.127 e. The van der Waals surface area contributed by atoms with E-state index in [1.807, 2.05) is 43.3 Å². The minimum atomic E-state index is -2.33. The third-order valence-corrected chi connectivity index (χ3v) is 6.97. The van der Waals surface area contributed by atoms with Crippen LogP contribution in [0.1, 0.15) is 25.3 Å². The second-order valence-corrected chi connectivity index (χ2v) is 9.05. The summed E-state index contributed by atoms with van der Waals surface area (Å²) in [6.45, 7) is 3.23. The summed E-state index contributed by atoms with van der Waals surface area (Å²) >= 11 is 0. The van der Waals surface area contributed by atoms with Crippen molar-refractivity contribution in [2.75, 3.05) is 19.5 Å². The monoisotopic (exact) mass is 361 g/mol. The number of aryl methyl sites for hydroxylation is 1. The van der Waals surface area contributed by atoms with Crippen LogP contribution in [0.25, 0.3) is 11.1 Å². The van der Waals surface area contributed by atoms with Crippen LogP contribution in [0.15, 0.2) is 46.8 Å². The number of hydrogen-bond acceptors (Lipinski definition) is 3. The van der Waals surface area contributed by atoms with E-state index in [1.54, 1.807) is 12.3 Å². The number of benzene rings is 2. The molecule has 3 rings (SSSR count). The molecule has 1 fully saturated rings. The molecule has 2 aromatic rings. The number of halogens is 1. The van der Waals surface area contributed by atoms with E-state index in [0.29, 0.717) is 30.9 Å². The van der Waals surface area contributed by atoms with Crippen molar-refractivity contribution in [3.63, 3.8) is 0 Å². The van der Waals surface area contributed by atoms with Crippen molar-refractivity contribution in [1.82, 2.24) is 0 Å². The van der Waals surface area contributed by atoms with Crippen LogP contribution in [0.2, 0.25) is 0 Å². The first-order valence-corrected chi connectivity index (χ1v) is 10.7. The van der Waals surface area contributed by atoms with Crippen molar-refractivity contribution < 1.29 is 13.3 Å².